The maximum atomic E-state index is 12.8. The highest BCUT2D eigenvalue weighted by Gasteiger charge is 2.38. The Kier molecular flexibility index (Phi) is 6.79. The lowest BCUT2D eigenvalue weighted by Gasteiger charge is -2.31. The number of Topliss-reactive ketones (excluding diaryl/α,β-unsaturated/α-hetero) is 1. The van der Waals surface area contributed by atoms with Gasteiger partial charge in [-0.05, 0) is 87.0 Å². The smallest absolute Gasteiger partial charge is 0.205 e. The summed E-state index contributed by atoms with van der Waals surface area (Å²) < 4.78 is 13.5. The molecule has 0 radical (unpaired) electrons. The van der Waals surface area contributed by atoms with Crippen LogP contribution in [0.1, 0.15) is 36.3 Å². The summed E-state index contributed by atoms with van der Waals surface area (Å²) in [4.78, 5) is 12.8. The van der Waals surface area contributed by atoms with E-state index in [-0.39, 0.29) is 17.2 Å². The number of carbonyl (C=O) groups is 1. The van der Waals surface area contributed by atoms with Crippen LogP contribution >= 0.6 is 56.8 Å². The molecule has 2 aromatic carbocycles. The third-order valence-electron chi connectivity index (χ3n) is 5.26. The Labute approximate surface area is 212 Å². The first-order valence-electron chi connectivity index (χ1n) is 9.59. The van der Waals surface area contributed by atoms with Crippen LogP contribution in [0.4, 0.5) is 0 Å². The second-order valence-electron chi connectivity index (χ2n) is 7.27. The second-order valence-corrected chi connectivity index (χ2v) is 10.0. The van der Waals surface area contributed by atoms with E-state index in [0.717, 1.165) is 30.4 Å². The molecule has 158 valence electrons. The van der Waals surface area contributed by atoms with Gasteiger partial charge in [-0.15, -0.1) is 0 Å². The maximum Gasteiger partial charge on any atom is 0.205 e. The Balaban J connectivity index is 1.69. The largest absolute Gasteiger partial charge is 0.487 e. The molecule has 2 aromatic rings. The van der Waals surface area contributed by atoms with Gasteiger partial charge in [-0.2, -0.15) is 5.26 Å². The van der Waals surface area contributed by atoms with E-state index in [1.54, 1.807) is 0 Å². The molecule has 1 atom stereocenters. The predicted octanol–water partition coefficient (Wildman–Crippen LogP) is 5.94. The molecule has 2 aliphatic rings. The molecule has 0 saturated carbocycles. The Morgan fingerprint density at radius 2 is 1.87 bits per heavy atom. The van der Waals surface area contributed by atoms with Crippen LogP contribution in [0.3, 0.4) is 0 Å². The number of carbonyl (C=O) groups excluding carboxylic acids is 1. The van der Waals surface area contributed by atoms with E-state index in [1.165, 1.54) is 0 Å². The molecule has 1 aliphatic heterocycles. The summed E-state index contributed by atoms with van der Waals surface area (Å²) in [5, 5.41) is 10.4. The molecule has 5 nitrogen and oxygen atoms in total. The van der Waals surface area contributed by atoms with Gasteiger partial charge in [-0.1, -0.05) is 23.7 Å². The molecule has 2 N–H and O–H groups in total. The first-order chi connectivity index (χ1) is 14.9. The maximum absolute atomic E-state index is 12.8. The van der Waals surface area contributed by atoms with Gasteiger partial charge in [0.05, 0.1) is 13.1 Å². The number of ether oxygens (including phenoxy) is 2. The fraction of sp³-hybridized carbons (Fsp3) is 0.217. The number of benzene rings is 2. The van der Waals surface area contributed by atoms with Gasteiger partial charge in [-0.3, -0.25) is 4.79 Å². The van der Waals surface area contributed by atoms with Crippen molar-refractivity contribution in [3.63, 3.8) is 0 Å². The molecule has 0 fully saturated rings. The fourth-order valence-corrected chi connectivity index (χ4v) is 6.06. The fourth-order valence-electron chi connectivity index (χ4n) is 3.81. The lowest BCUT2D eigenvalue weighted by molar-refractivity contribution is -0.116. The number of nitriles is 1. The van der Waals surface area contributed by atoms with Crippen molar-refractivity contribution in [2.24, 2.45) is 5.73 Å². The van der Waals surface area contributed by atoms with Gasteiger partial charge in [0, 0.05) is 23.4 Å². The van der Waals surface area contributed by atoms with Crippen LogP contribution in [0, 0.1) is 18.5 Å². The molecule has 0 aromatic heterocycles. The zero-order valence-corrected chi connectivity index (χ0v) is 21.3. The Morgan fingerprint density at radius 1 is 1.19 bits per heavy atom. The first kappa shape index (κ1) is 22.4. The first-order valence-corrected chi connectivity index (χ1v) is 12.1. The molecule has 1 heterocycles. The number of nitrogens with two attached hydrogens (primary N) is 1. The van der Waals surface area contributed by atoms with Crippen molar-refractivity contribution >= 4 is 62.6 Å². The monoisotopic (exact) mass is 658 g/mol. The third-order valence-corrected chi connectivity index (χ3v) is 7.11. The molecular formula is C23H17ClI2N2O3. The van der Waals surface area contributed by atoms with E-state index in [9.17, 15) is 10.1 Å². The van der Waals surface area contributed by atoms with Crippen LogP contribution in [-0.2, 0) is 16.1 Å². The molecule has 0 bridgehead atoms. The van der Waals surface area contributed by atoms with Gasteiger partial charge < -0.3 is 15.2 Å². The number of halogens is 3. The van der Waals surface area contributed by atoms with Crippen LogP contribution in [0.25, 0.3) is 0 Å². The lowest BCUT2D eigenvalue weighted by atomic mass is 9.77. The van der Waals surface area contributed by atoms with E-state index in [2.05, 4.69) is 51.3 Å². The van der Waals surface area contributed by atoms with Gasteiger partial charge in [0.2, 0.25) is 5.88 Å². The minimum atomic E-state index is -0.520. The summed E-state index contributed by atoms with van der Waals surface area (Å²) in [6.07, 6.45) is 1.83. The molecule has 0 saturated heterocycles. The molecule has 0 unspecified atom stereocenters. The van der Waals surface area contributed by atoms with Gasteiger partial charge in [0.1, 0.15) is 29.8 Å². The number of rotatable bonds is 4. The van der Waals surface area contributed by atoms with Crippen LogP contribution in [0.15, 0.2) is 59.2 Å². The van der Waals surface area contributed by atoms with Crippen molar-refractivity contribution in [1.29, 1.82) is 5.26 Å². The minimum absolute atomic E-state index is 0.0135. The van der Waals surface area contributed by atoms with Crippen LogP contribution in [0.5, 0.6) is 5.75 Å². The SMILES string of the molecule is N#CC1=C(N)OC2=C(C(=O)CCC2)[C@@H]1c1cc(I)c(OCc2ccc(Cl)cc2)c(I)c1. The molecule has 31 heavy (non-hydrogen) atoms. The van der Waals surface area contributed by atoms with E-state index in [4.69, 9.17) is 26.8 Å². The zero-order valence-electron chi connectivity index (χ0n) is 16.3. The second kappa shape index (κ2) is 9.38. The summed E-state index contributed by atoms with van der Waals surface area (Å²) >= 11 is 10.4. The van der Waals surface area contributed by atoms with Crippen molar-refractivity contribution in [3.8, 4) is 11.8 Å². The summed E-state index contributed by atoms with van der Waals surface area (Å²) in [5.41, 5.74) is 8.72. The Hall–Kier alpha value is -1.77. The Bertz CT molecular complexity index is 1140. The molecule has 0 amide bonds. The number of hydrogen-bond donors (Lipinski definition) is 1. The number of ketones is 1. The molecule has 0 spiro atoms. The van der Waals surface area contributed by atoms with Crippen molar-refractivity contribution in [2.75, 3.05) is 0 Å². The van der Waals surface area contributed by atoms with E-state index >= 15 is 0 Å². The summed E-state index contributed by atoms with van der Waals surface area (Å²) in [7, 11) is 0. The van der Waals surface area contributed by atoms with Crippen LogP contribution in [-0.4, -0.2) is 5.78 Å². The van der Waals surface area contributed by atoms with Gasteiger partial charge >= 0.3 is 0 Å². The van der Waals surface area contributed by atoms with E-state index in [1.807, 2.05) is 36.4 Å². The van der Waals surface area contributed by atoms with Crippen molar-refractivity contribution < 1.29 is 14.3 Å². The van der Waals surface area contributed by atoms with Crippen molar-refractivity contribution in [1.82, 2.24) is 0 Å². The normalized spacial score (nSPS) is 18.4. The predicted molar refractivity (Wildman–Crippen MR) is 134 cm³/mol. The van der Waals surface area contributed by atoms with Crippen LogP contribution < -0.4 is 10.5 Å². The molecule has 1 aliphatic carbocycles. The Morgan fingerprint density at radius 3 is 2.52 bits per heavy atom. The van der Waals surface area contributed by atoms with Gasteiger partial charge in [-0.25, -0.2) is 0 Å². The lowest BCUT2D eigenvalue weighted by Crippen LogP contribution is -2.27. The minimum Gasteiger partial charge on any atom is -0.487 e. The zero-order chi connectivity index (χ0) is 22.1. The summed E-state index contributed by atoms with van der Waals surface area (Å²) in [6.45, 7) is 0.407. The standard InChI is InChI=1S/C23H17ClI2N2O3/c24-14-6-4-12(5-7-14)11-30-22-16(25)8-13(9-17(22)26)20-15(10-27)23(28)31-19-3-1-2-18(29)21(19)20/h4-9,20H,1-3,11,28H2/t20-/m1/s1. The third kappa shape index (κ3) is 4.56. The molecular weight excluding hydrogens is 642 g/mol. The summed E-state index contributed by atoms with van der Waals surface area (Å²) in [6, 6.07) is 13.6. The molecule has 8 heteroatoms. The van der Waals surface area contributed by atoms with Gasteiger partial charge in [0.25, 0.3) is 0 Å². The quantitative estimate of drug-likeness (QED) is 0.411. The number of allylic oxidation sites excluding steroid dienone is 3. The highest BCUT2D eigenvalue weighted by atomic mass is 127. The van der Waals surface area contributed by atoms with Crippen molar-refractivity contribution in [2.45, 2.75) is 31.8 Å². The average molecular weight is 659 g/mol. The molecule has 4 rings (SSSR count). The topological polar surface area (TPSA) is 85.3 Å². The average Bonchev–Trinajstić information content (AvgIpc) is 2.73. The van der Waals surface area contributed by atoms with E-state index in [0.29, 0.717) is 35.8 Å². The van der Waals surface area contributed by atoms with Crippen molar-refractivity contribution in [3.05, 3.63) is 82.5 Å². The van der Waals surface area contributed by atoms with Gasteiger partial charge in [0.15, 0.2) is 5.78 Å². The highest BCUT2D eigenvalue weighted by molar-refractivity contribution is 14.1. The highest BCUT2D eigenvalue weighted by Crippen LogP contribution is 2.45. The van der Waals surface area contributed by atoms with Crippen LogP contribution in [0.2, 0.25) is 5.02 Å². The number of nitrogens with zero attached hydrogens (tertiary/aromatic N) is 1. The number of hydrogen-bond acceptors (Lipinski definition) is 5. The summed E-state index contributed by atoms with van der Waals surface area (Å²) in [5.74, 6) is 0.917. The van der Waals surface area contributed by atoms with E-state index < -0.39 is 5.92 Å².